The van der Waals surface area contributed by atoms with Crippen LogP contribution in [0.3, 0.4) is 0 Å². The minimum atomic E-state index is -0.549. The highest BCUT2D eigenvalue weighted by Gasteiger charge is 2.14. The fourth-order valence-electron chi connectivity index (χ4n) is 1.64. The summed E-state index contributed by atoms with van der Waals surface area (Å²) in [7, 11) is 0. The molecule has 0 aliphatic heterocycles. The summed E-state index contributed by atoms with van der Waals surface area (Å²) in [4.78, 5) is 11.8. The second-order valence-electron chi connectivity index (χ2n) is 5.07. The minimum absolute atomic E-state index is 0.122. The molecule has 0 bridgehead atoms. The molecule has 0 saturated carbocycles. The van der Waals surface area contributed by atoms with Crippen molar-refractivity contribution in [3.63, 3.8) is 0 Å². The summed E-state index contributed by atoms with van der Waals surface area (Å²) in [6.45, 7) is 4.90. The van der Waals surface area contributed by atoms with Crippen molar-refractivity contribution in [3.8, 4) is 5.75 Å². The highest BCUT2D eigenvalue weighted by Crippen LogP contribution is 2.20. The van der Waals surface area contributed by atoms with Gasteiger partial charge >= 0.3 is 0 Å². The van der Waals surface area contributed by atoms with Gasteiger partial charge in [-0.25, -0.2) is 0 Å². The van der Waals surface area contributed by atoms with Gasteiger partial charge in [0, 0.05) is 6.54 Å². The van der Waals surface area contributed by atoms with Gasteiger partial charge in [-0.3, -0.25) is 4.79 Å². The molecule has 0 heterocycles. The average Bonchev–Trinajstić information content (AvgIpc) is 2.33. The van der Waals surface area contributed by atoms with Gasteiger partial charge in [-0.15, -0.1) is 0 Å². The van der Waals surface area contributed by atoms with Gasteiger partial charge in [-0.1, -0.05) is 19.9 Å². The van der Waals surface area contributed by atoms with Crippen LogP contribution in [0.25, 0.3) is 0 Å². The topological polar surface area (TPSA) is 75.4 Å². The van der Waals surface area contributed by atoms with Crippen molar-refractivity contribution in [1.29, 1.82) is 0 Å². The molecule has 0 saturated heterocycles. The van der Waals surface area contributed by atoms with Crippen molar-refractivity contribution in [2.24, 2.45) is 11.7 Å². The van der Waals surface area contributed by atoms with Crippen molar-refractivity contribution >= 4 is 28.5 Å². The molecule has 1 rings (SSSR count). The number of rotatable bonds is 6. The van der Waals surface area contributed by atoms with Crippen LogP contribution in [0, 0.1) is 9.49 Å². The summed E-state index contributed by atoms with van der Waals surface area (Å²) < 4.78 is 0.766. The van der Waals surface area contributed by atoms with Gasteiger partial charge in [0.25, 0.3) is 0 Å². The van der Waals surface area contributed by atoms with Crippen molar-refractivity contribution in [1.82, 2.24) is 5.32 Å². The number of amides is 1. The number of phenolic OH excluding ortho intramolecular Hbond substituents is 1. The van der Waals surface area contributed by atoms with Crippen LogP contribution in [0.1, 0.15) is 25.8 Å². The molecule has 0 unspecified atom stereocenters. The molecule has 0 fully saturated rings. The fourth-order valence-corrected chi connectivity index (χ4v) is 2.22. The second kappa shape index (κ2) is 7.69. The molecule has 0 radical (unpaired) electrons. The Morgan fingerprint density at radius 3 is 2.74 bits per heavy atom. The summed E-state index contributed by atoms with van der Waals surface area (Å²) in [5.74, 6) is 0.693. The van der Waals surface area contributed by atoms with E-state index in [0.29, 0.717) is 18.9 Å². The number of aromatic hydroxyl groups is 1. The zero-order chi connectivity index (χ0) is 14.4. The average molecular weight is 376 g/mol. The van der Waals surface area contributed by atoms with Gasteiger partial charge in [-0.2, -0.15) is 0 Å². The Labute approximate surface area is 127 Å². The number of hydrogen-bond acceptors (Lipinski definition) is 3. The van der Waals surface area contributed by atoms with E-state index in [1.807, 2.05) is 6.07 Å². The van der Waals surface area contributed by atoms with Crippen LogP contribution >= 0.6 is 22.6 Å². The first kappa shape index (κ1) is 16.2. The van der Waals surface area contributed by atoms with Crippen LogP contribution in [-0.4, -0.2) is 23.6 Å². The highest BCUT2D eigenvalue weighted by atomic mass is 127. The normalized spacial score (nSPS) is 12.5. The third-order valence-electron chi connectivity index (χ3n) is 2.83. The summed E-state index contributed by atoms with van der Waals surface area (Å²) in [5, 5.41) is 12.3. The van der Waals surface area contributed by atoms with Crippen molar-refractivity contribution in [2.45, 2.75) is 32.7 Å². The van der Waals surface area contributed by atoms with Gasteiger partial charge in [0.15, 0.2) is 0 Å². The van der Waals surface area contributed by atoms with Crippen LogP contribution < -0.4 is 11.1 Å². The van der Waals surface area contributed by atoms with Gasteiger partial charge in [0.05, 0.1) is 9.61 Å². The second-order valence-corrected chi connectivity index (χ2v) is 6.23. The predicted molar refractivity (Wildman–Crippen MR) is 85.0 cm³/mol. The summed E-state index contributed by atoms with van der Waals surface area (Å²) >= 11 is 2.05. The molecule has 19 heavy (non-hydrogen) atoms. The minimum Gasteiger partial charge on any atom is -0.507 e. The zero-order valence-corrected chi connectivity index (χ0v) is 13.5. The maximum Gasteiger partial charge on any atom is 0.237 e. The lowest BCUT2D eigenvalue weighted by Crippen LogP contribution is -2.42. The number of benzene rings is 1. The van der Waals surface area contributed by atoms with Gasteiger partial charge in [0.2, 0.25) is 5.91 Å². The van der Waals surface area contributed by atoms with E-state index in [0.717, 1.165) is 15.6 Å². The number of carbonyl (C=O) groups is 1. The maximum atomic E-state index is 11.8. The Hall–Kier alpha value is -0.820. The molecule has 4 N–H and O–H groups in total. The molecule has 1 aromatic carbocycles. The van der Waals surface area contributed by atoms with E-state index >= 15 is 0 Å². The van der Waals surface area contributed by atoms with Crippen molar-refractivity contribution in [3.05, 3.63) is 27.3 Å². The monoisotopic (exact) mass is 376 g/mol. The highest BCUT2D eigenvalue weighted by molar-refractivity contribution is 14.1. The number of carbonyl (C=O) groups excluding carboxylic acids is 1. The molecule has 4 nitrogen and oxygen atoms in total. The Morgan fingerprint density at radius 2 is 2.16 bits per heavy atom. The number of nitrogens with two attached hydrogens (primary N) is 1. The van der Waals surface area contributed by atoms with E-state index in [-0.39, 0.29) is 11.7 Å². The molecule has 1 amide bonds. The lowest BCUT2D eigenvalue weighted by atomic mass is 10.1. The quantitative estimate of drug-likeness (QED) is 0.665. The van der Waals surface area contributed by atoms with Crippen LogP contribution in [-0.2, 0) is 11.2 Å². The molecule has 0 spiro atoms. The van der Waals surface area contributed by atoms with Gasteiger partial charge in [0.1, 0.15) is 5.75 Å². The standard InChI is InChI=1S/C14H21IN2O2/c1-9(2)5-6-17-14(19)12(16)8-10-3-4-13(18)11(15)7-10/h3-4,7,9,12,18H,5-6,8,16H2,1-2H3,(H,17,19)/t12-/m0/s1. The summed E-state index contributed by atoms with van der Waals surface area (Å²) in [6, 6.07) is 4.71. The molecular formula is C14H21IN2O2. The van der Waals surface area contributed by atoms with E-state index < -0.39 is 6.04 Å². The molecule has 5 heteroatoms. The zero-order valence-electron chi connectivity index (χ0n) is 11.3. The molecule has 0 aromatic heterocycles. The number of nitrogens with one attached hydrogen (secondary N) is 1. The summed E-state index contributed by atoms with van der Waals surface area (Å²) in [5.41, 5.74) is 6.83. The molecule has 106 valence electrons. The van der Waals surface area contributed by atoms with Gasteiger partial charge < -0.3 is 16.2 Å². The van der Waals surface area contributed by atoms with Crippen LogP contribution in [0.15, 0.2) is 18.2 Å². The lowest BCUT2D eigenvalue weighted by molar-refractivity contribution is -0.122. The maximum absolute atomic E-state index is 11.8. The predicted octanol–water partition coefficient (Wildman–Crippen LogP) is 2.03. The largest absolute Gasteiger partial charge is 0.507 e. The van der Waals surface area contributed by atoms with E-state index in [4.69, 9.17) is 5.73 Å². The summed E-state index contributed by atoms with van der Waals surface area (Å²) in [6.07, 6.45) is 1.43. The Bertz CT molecular complexity index is 435. The van der Waals surface area contributed by atoms with Gasteiger partial charge in [-0.05, 0) is 59.0 Å². The third-order valence-corrected chi connectivity index (χ3v) is 3.69. The number of hydrogen-bond donors (Lipinski definition) is 3. The van der Waals surface area contributed by atoms with Crippen molar-refractivity contribution < 1.29 is 9.90 Å². The Balaban J connectivity index is 2.47. The van der Waals surface area contributed by atoms with Crippen LogP contribution in [0.4, 0.5) is 0 Å². The SMILES string of the molecule is CC(C)CCNC(=O)[C@@H](N)Cc1ccc(O)c(I)c1. The molecule has 1 atom stereocenters. The lowest BCUT2D eigenvalue weighted by Gasteiger charge is -2.13. The first-order chi connectivity index (χ1) is 8.90. The fraction of sp³-hybridized carbons (Fsp3) is 0.500. The first-order valence-corrected chi connectivity index (χ1v) is 7.48. The Kier molecular flexibility index (Phi) is 6.57. The van der Waals surface area contributed by atoms with Crippen molar-refractivity contribution in [2.75, 3.05) is 6.54 Å². The molecule has 0 aliphatic rings. The van der Waals surface area contributed by atoms with Crippen LogP contribution in [0.5, 0.6) is 5.75 Å². The van der Waals surface area contributed by atoms with E-state index in [1.54, 1.807) is 12.1 Å². The number of halogens is 1. The Morgan fingerprint density at radius 1 is 1.47 bits per heavy atom. The third kappa shape index (κ3) is 5.78. The molecule has 0 aliphatic carbocycles. The van der Waals surface area contributed by atoms with E-state index in [9.17, 15) is 9.90 Å². The van der Waals surface area contributed by atoms with E-state index in [1.165, 1.54) is 0 Å². The molecule has 1 aromatic rings. The number of phenols is 1. The van der Waals surface area contributed by atoms with E-state index in [2.05, 4.69) is 41.8 Å². The van der Waals surface area contributed by atoms with Crippen LogP contribution in [0.2, 0.25) is 0 Å². The first-order valence-electron chi connectivity index (χ1n) is 6.41. The smallest absolute Gasteiger partial charge is 0.237 e. The molecular weight excluding hydrogens is 355 g/mol.